The monoisotopic (exact) mass is 455 g/mol. The molecule has 31 heavy (non-hydrogen) atoms. The van der Waals surface area contributed by atoms with Crippen molar-refractivity contribution in [3.8, 4) is 5.75 Å². The molecule has 3 rings (SSSR count). The first kappa shape index (κ1) is 22.8. The summed E-state index contributed by atoms with van der Waals surface area (Å²) < 4.78 is 67.7. The van der Waals surface area contributed by atoms with Crippen LogP contribution in [0.3, 0.4) is 0 Å². The smallest absolute Gasteiger partial charge is 0.425 e. The summed E-state index contributed by atoms with van der Waals surface area (Å²) in [6.07, 6.45) is -5.93. The van der Waals surface area contributed by atoms with Gasteiger partial charge in [-0.3, -0.25) is 9.59 Å². The molecule has 1 aliphatic rings. The van der Waals surface area contributed by atoms with Crippen molar-refractivity contribution in [2.24, 2.45) is 0 Å². The molecule has 0 saturated heterocycles. The average molecular weight is 455 g/mol. The van der Waals surface area contributed by atoms with E-state index in [4.69, 9.17) is 4.74 Å². The highest BCUT2D eigenvalue weighted by molar-refractivity contribution is 7.90. The number of sulfone groups is 1. The van der Waals surface area contributed by atoms with Gasteiger partial charge in [-0.1, -0.05) is 12.1 Å². The zero-order valence-electron chi connectivity index (χ0n) is 17.0. The second-order valence-corrected chi connectivity index (χ2v) is 9.45. The number of nitrogens with zero attached hydrogens (tertiary/aromatic N) is 1. The minimum absolute atomic E-state index is 0.132. The van der Waals surface area contributed by atoms with Gasteiger partial charge in [-0.25, -0.2) is 8.42 Å². The third kappa shape index (κ3) is 4.90. The van der Waals surface area contributed by atoms with Crippen molar-refractivity contribution in [2.75, 3.05) is 6.26 Å². The molecule has 1 amide bonds. The minimum Gasteiger partial charge on any atom is -0.480 e. The van der Waals surface area contributed by atoms with Crippen LogP contribution >= 0.6 is 0 Å². The Balaban J connectivity index is 1.97. The van der Waals surface area contributed by atoms with Gasteiger partial charge in [0.15, 0.2) is 21.7 Å². The van der Waals surface area contributed by atoms with E-state index in [1.54, 1.807) is 18.2 Å². The predicted molar refractivity (Wildman–Crippen MR) is 106 cm³/mol. The molecule has 0 fully saturated rings. The molecular formula is C21H20F3NO5S. The minimum atomic E-state index is -4.66. The predicted octanol–water partition coefficient (Wildman–Crippen LogP) is 3.78. The lowest BCUT2D eigenvalue weighted by atomic mass is 10.0. The number of alkyl halides is 3. The Kier molecular flexibility index (Phi) is 5.88. The fourth-order valence-electron chi connectivity index (χ4n) is 3.19. The highest BCUT2D eigenvalue weighted by Gasteiger charge is 2.39. The first-order valence-electron chi connectivity index (χ1n) is 9.27. The maximum Gasteiger partial charge on any atom is 0.425 e. The second kappa shape index (κ2) is 7.99. The average Bonchev–Trinajstić information content (AvgIpc) is 3.09. The van der Waals surface area contributed by atoms with Crippen LogP contribution in [0.15, 0.2) is 41.3 Å². The number of fused-ring (bicyclic) bond motifs is 1. The molecule has 0 radical (unpaired) electrons. The molecule has 1 heterocycles. The first-order valence-corrected chi connectivity index (χ1v) is 11.2. The van der Waals surface area contributed by atoms with Crippen LogP contribution in [0, 0.1) is 0 Å². The Labute approximate surface area is 177 Å². The van der Waals surface area contributed by atoms with Crippen LogP contribution in [-0.4, -0.2) is 43.5 Å². The number of Topliss-reactive ketones (excluding diaryl/α,β-unsaturated/α-hetero) is 1. The zero-order chi connectivity index (χ0) is 23.1. The molecule has 166 valence electrons. The molecule has 0 aliphatic carbocycles. The number of hydrogen-bond acceptors (Lipinski definition) is 5. The fraction of sp³-hybridized carbons (Fsp3) is 0.333. The quantitative estimate of drug-likeness (QED) is 0.641. The highest BCUT2D eigenvalue weighted by Crippen LogP contribution is 2.32. The van der Waals surface area contributed by atoms with Gasteiger partial charge in [0.25, 0.3) is 5.91 Å². The number of ether oxygens (including phenoxy) is 1. The number of rotatable bonds is 5. The van der Waals surface area contributed by atoms with E-state index in [1.165, 1.54) is 11.8 Å². The molecule has 0 bridgehead atoms. The topological polar surface area (TPSA) is 80.8 Å². The summed E-state index contributed by atoms with van der Waals surface area (Å²) in [4.78, 5) is 25.9. The molecule has 10 heteroatoms. The Morgan fingerprint density at radius 2 is 1.71 bits per heavy atom. The van der Waals surface area contributed by atoms with Crippen LogP contribution in [0.25, 0.3) is 0 Å². The standard InChI is InChI=1S/C21H20F3NO5S/c1-12(26)14-4-5-15-10-25(11-16(15)8-14)20(27)18-9-17(31(3,28)29)6-7-19(18)30-13(2)21(22,23)24/h4-9,13H,10-11H2,1-3H3/t13-/m0/s1. The largest absolute Gasteiger partial charge is 0.480 e. The molecule has 2 aromatic rings. The van der Waals surface area contributed by atoms with Crippen molar-refractivity contribution in [1.82, 2.24) is 4.90 Å². The van der Waals surface area contributed by atoms with Crippen molar-refractivity contribution in [3.05, 3.63) is 58.7 Å². The summed E-state index contributed by atoms with van der Waals surface area (Å²) >= 11 is 0. The van der Waals surface area contributed by atoms with Crippen LogP contribution < -0.4 is 4.74 Å². The van der Waals surface area contributed by atoms with E-state index in [0.717, 1.165) is 42.5 Å². The van der Waals surface area contributed by atoms with Gasteiger partial charge in [0.2, 0.25) is 0 Å². The molecule has 1 atom stereocenters. The number of carbonyl (C=O) groups is 2. The molecule has 2 aromatic carbocycles. The second-order valence-electron chi connectivity index (χ2n) is 7.43. The van der Waals surface area contributed by atoms with Crippen molar-refractivity contribution in [1.29, 1.82) is 0 Å². The third-order valence-electron chi connectivity index (χ3n) is 5.00. The summed E-state index contributed by atoms with van der Waals surface area (Å²) in [5, 5.41) is 0. The van der Waals surface area contributed by atoms with Gasteiger partial charge in [0.1, 0.15) is 5.75 Å². The first-order chi connectivity index (χ1) is 14.3. The summed E-state index contributed by atoms with van der Waals surface area (Å²) in [5.74, 6) is -1.16. The van der Waals surface area contributed by atoms with E-state index in [0.29, 0.717) is 5.56 Å². The summed E-state index contributed by atoms with van der Waals surface area (Å²) in [6.45, 7) is 2.52. The van der Waals surface area contributed by atoms with Crippen LogP contribution in [0.1, 0.15) is 45.7 Å². The van der Waals surface area contributed by atoms with Gasteiger partial charge in [0.05, 0.1) is 10.5 Å². The Morgan fingerprint density at radius 3 is 2.29 bits per heavy atom. The van der Waals surface area contributed by atoms with E-state index < -0.39 is 28.0 Å². The van der Waals surface area contributed by atoms with E-state index in [9.17, 15) is 31.2 Å². The molecule has 0 aromatic heterocycles. The lowest BCUT2D eigenvalue weighted by molar-refractivity contribution is -0.189. The van der Waals surface area contributed by atoms with Crippen molar-refractivity contribution in [2.45, 2.75) is 44.1 Å². The number of amides is 1. The molecule has 0 spiro atoms. The number of halogens is 3. The van der Waals surface area contributed by atoms with Crippen molar-refractivity contribution >= 4 is 21.5 Å². The van der Waals surface area contributed by atoms with Gasteiger partial charge in [0, 0.05) is 24.9 Å². The fourth-order valence-corrected chi connectivity index (χ4v) is 3.84. The zero-order valence-corrected chi connectivity index (χ0v) is 17.8. The van der Waals surface area contributed by atoms with E-state index in [2.05, 4.69) is 0 Å². The van der Waals surface area contributed by atoms with E-state index in [1.807, 2.05) is 0 Å². The highest BCUT2D eigenvalue weighted by atomic mass is 32.2. The maximum atomic E-state index is 13.2. The molecule has 1 aliphatic heterocycles. The lowest BCUT2D eigenvalue weighted by Gasteiger charge is -2.22. The maximum absolute atomic E-state index is 13.2. The van der Waals surface area contributed by atoms with Gasteiger partial charge in [-0.05, 0) is 49.2 Å². The van der Waals surface area contributed by atoms with Crippen LogP contribution in [0.2, 0.25) is 0 Å². The third-order valence-corrected chi connectivity index (χ3v) is 6.11. The molecule has 0 N–H and O–H groups in total. The molecule has 6 nitrogen and oxygen atoms in total. The molecule has 0 saturated carbocycles. The van der Waals surface area contributed by atoms with Crippen LogP contribution in [0.4, 0.5) is 13.2 Å². The van der Waals surface area contributed by atoms with E-state index >= 15 is 0 Å². The summed E-state index contributed by atoms with van der Waals surface area (Å²) in [6, 6.07) is 8.21. The van der Waals surface area contributed by atoms with Gasteiger partial charge in [-0.15, -0.1) is 0 Å². The molecular weight excluding hydrogens is 435 g/mol. The van der Waals surface area contributed by atoms with E-state index in [-0.39, 0.29) is 35.1 Å². The van der Waals surface area contributed by atoms with Gasteiger partial charge >= 0.3 is 6.18 Å². The van der Waals surface area contributed by atoms with Gasteiger partial charge in [-0.2, -0.15) is 13.2 Å². The van der Waals surface area contributed by atoms with Crippen LogP contribution in [0.5, 0.6) is 5.75 Å². The van der Waals surface area contributed by atoms with Crippen molar-refractivity contribution in [3.63, 3.8) is 0 Å². The summed E-state index contributed by atoms with van der Waals surface area (Å²) in [5.41, 5.74) is 1.74. The Morgan fingerprint density at radius 1 is 1.06 bits per heavy atom. The summed E-state index contributed by atoms with van der Waals surface area (Å²) in [7, 11) is -3.71. The number of carbonyl (C=O) groups excluding carboxylic acids is 2. The Hall–Kier alpha value is -2.88. The van der Waals surface area contributed by atoms with Crippen LogP contribution in [-0.2, 0) is 22.9 Å². The number of ketones is 1. The van der Waals surface area contributed by atoms with Gasteiger partial charge < -0.3 is 9.64 Å². The lowest BCUT2D eigenvalue weighted by Crippen LogP contribution is -2.32. The number of benzene rings is 2. The SMILES string of the molecule is CC(=O)c1ccc2c(c1)CN(C(=O)c1cc(S(C)(=O)=O)ccc1O[C@@H](C)C(F)(F)F)C2. The normalized spacial score (nSPS) is 14.8. The molecule has 0 unspecified atom stereocenters. The Bertz CT molecular complexity index is 1160. The van der Waals surface area contributed by atoms with Crippen molar-refractivity contribution < 1.29 is 35.9 Å². The number of hydrogen-bond donors (Lipinski definition) is 0.